The van der Waals surface area contributed by atoms with Gasteiger partial charge in [-0.2, -0.15) is 9.90 Å². The average molecular weight is 334 g/mol. The number of hydrogen-bond acceptors (Lipinski definition) is 5. The van der Waals surface area contributed by atoms with Crippen LogP contribution in [0.4, 0.5) is 5.82 Å². The first kappa shape index (κ1) is 15.3. The number of carbonyl (C=O) groups is 1. The Morgan fingerprint density at radius 3 is 2.40 bits per heavy atom. The monoisotopic (exact) mass is 334 g/mol. The fourth-order valence-electron chi connectivity index (χ4n) is 2.89. The Morgan fingerprint density at radius 2 is 1.68 bits per heavy atom. The van der Waals surface area contributed by atoms with Gasteiger partial charge >= 0.3 is 0 Å². The van der Waals surface area contributed by atoms with Gasteiger partial charge in [0.05, 0.1) is 11.9 Å². The summed E-state index contributed by atoms with van der Waals surface area (Å²) in [4.78, 5) is 22.5. The van der Waals surface area contributed by atoms with Crippen molar-refractivity contribution in [1.82, 2.24) is 24.9 Å². The minimum absolute atomic E-state index is 0.0807. The van der Waals surface area contributed by atoms with E-state index in [1.807, 2.05) is 53.4 Å². The van der Waals surface area contributed by atoms with Crippen molar-refractivity contribution < 1.29 is 4.79 Å². The number of piperazine rings is 1. The summed E-state index contributed by atoms with van der Waals surface area (Å²) in [6.07, 6.45) is 3.31. The number of benzene rings is 1. The SMILES string of the molecule is O=C(c1cnn(-c2ccccc2)n1)N1CCN(c2ccccn2)CC1. The maximum Gasteiger partial charge on any atom is 0.276 e. The first-order chi connectivity index (χ1) is 12.3. The third kappa shape index (κ3) is 3.21. The second-order valence-electron chi connectivity index (χ2n) is 5.82. The molecule has 0 spiro atoms. The van der Waals surface area contributed by atoms with E-state index in [0.717, 1.165) is 24.6 Å². The van der Waals surface area contributed by atoms with E-state index >= 15 is 0 Å². The first-order valence-corrected chi connectivity index (χ1v) is 8.24. The van der Waals surface area contributed by atoms with Crippen molar-refractivity contribution in [2.75, 3.05) is 31.1 Å². The zero-order chi connectivity index (χ0) is 17.1. The molecule has 0 N–H and O–H groups in total. The third-order valence-corrected chi connectivity index (χ3v) is 4.24. The van der Waals surface area contributed by atoms with Crippen LogP contribution in [0.1, 0.15) is 10.5 Å². The molecular formula is C18H18N6O. The molecule has 0 aliphatic carbocycles. The van der Waals surface area contributed by atoms with E-state index in [1.165, 1.54) is 11.0 Å². The topological polar surface area (TPSA) is 67.2 Å². The number of aromatic nitrogens is 4. The van der Waals surface area contributed by atoms with Gasteiger partial charge in [-0.05, 0) is 24.3 Å². The number of nitrogens with zero attached hydrogens (tertiary/aromatic N) is 6. The van der Waals surface area contributed by atoms with Gasteiger partial charge in [0.2, 0.25) is 0 Å². The average Bonchev–Trinajstić information content (AvgIpc) is 3.19. The Labute approximate surface area is 145 Å². The van der Waals surface area contributed by atoms with Crippen LogP contribution in [-0.2, 0) is 0 Å². The number of rotatable bonds is 3. The fraction of sp³-hybridized carbons (Fsp3) is 0.222. The minimum Gasteiger partial charge on any atom is -0.353 e. The highest BCUT2D eigenvalue weighted by Crippen LogP contribution is 2.14. The van der Waals surface area contributed by atoms with Crippen molar-refractivity contribution in [3.05, 3.63) is 66.6 Å². The second-order valence-corrected chi connectivity index (χ2v) is 5.82. The second kappa shape index (κ2) is 6.72. The lowest BCUT2D eigenvalue weighted by molar-refractivity contribution is 0.0740. The van der Waals surface area contributed by atoms with Crippen LogP contribution in [0.15, 0.2) is 60.9 Å². The molecule has 0 bridgehead atoms. The van der Waals surface area contributed by atoms with E-state index in [9.17, 15) is 4.79 Å². The summed E-state index contributed by atoms with van der Waals surface area (Å²) in [6.45, 7) is 2.81. The highest BCUT2D eigenvalue weighted by atomic mass is 16.2. The Hall–Kier alpha value is -3.22. The molecule has 1 aromatic carbocycles. The molecule has 3 aromatic rings. The van der Waals surface area contributed by atoms with Gasteiger partial charge in [-0.15, -0.1) is 5.10 Å². The van der Waals surface area contributed by atoms with Crippen LogP contribution in [0.25, 0.3) is 5.69 Å². The Bertz CT molecular complexity index is 840. The lowest BCUT2D eigenvalue weighted by Gasteiger charge is -2.35. The van der Waals surface area contributed by atoms with Gasteiger partial charge in [0.25, 0.3) is 5.91 Å². The van der Waals surface area contributed by atoms with E-state index in [0.29, 0.717) is 18.8 Å². The Balaban J connectivity index is 1.42. The fourth-order valence-corrected chi connectivity index (χ4v) is 2.89. The van der Waals surface area contributed by atoms with Crippen LogP contribution in [0.2, 0.25) is 0 Å². The predicted octanol–water partition coefficient (Wildman–Crippen LogP) is 1.62. The van der Waals surface area contributed by atoms with Crippen molar-refractivity contribution >= 4 is 11.7 Å². The number of hydrogen-bond donors (Lipinski definition) is 0. The lowest BCUT2D eigenvalue weighted by atomic mass is 10.2. The van der Waals surface area contributed by atoms with E-state index in [4.69, 9.17) is 0 Å². The van der Waals surface area contributed by atoms with E-state index < -0.39 is 0 Å². The van der Waals surface area contributed by atoms with Gasteiger partial charge in [0.15, 0.2) is 5.69 Å². The molecule has 25 heavy (non-hydrogen) atoms. The molecule has 0 radical (unpaired) electrons. The highest BCUT2D eigenvalue weighted by molar-refractivity contribution is 5.92. The molecule has 1 aliphatic rings. The summed E-state index contributed by atoms with van der Waals surface area (Å²) in [7, 11) is 0. The van der Waals surface area contributed by atoms with E-state index in [-0.39, 0.29) is 5.91 Å². The quantitative estimate of drug-likeness (QED) is 0.728. The molecular weight excluding hydrogens is 316 g/mol. The summed E-state index contributed by atoms with van der Waals surface area (Å²) >= 11 is 0. The molecule has 7 heteroatoms. The standard InChI is InChI=1S/C18H18N6O/c25-18(16-14-20-24(21-16)15-6-2-1-3-7-15)23-12-10-22(11-13-23)17-8-4-5-9-19-17/h1-9,14H,10-13H2. The van der Waals surface area contributed by atoms with Crippen LogP contribution in [0.5, 0.6) is 0 Å². The molecule has 7 nitrogen and oxygen atoms in total. The number of para-hydroxylation sites is 1. The van der Waals surface area contributed by atoms with Crippen LogP contribution >= 0.6 is 0 Å². The van der Waals surface area contributed by atoms with Crippen molar-refractivity contribution in [1.29, 1.82) is 0 Å². The molecule has 2 aromatic heterocycles. The van der Waals surface area contributed by atoms with Gasteiger partial charge in [0, 0.05) is 32.4 Å². The molecule has 1 fully saturated rings. The summed E-state index contributed by atoms with van der Waals surface area (Å²) in [5.74, 6) is 0.868. The third-order valence-electron chi connectivity index (χ3n) is 4.24. The number of amides is 1. The lowest BCUT2D eigenvalue weighted by Crippen LogP contribution is -2.49. The zero-order valence-electron chi connectivity index (χ0n) is 13.7. The Morgan fingerprint density at radius 1 is 0.920 bits per heavy atom. The van der Waals surface area contributed by atoms with Crippen LogP contribution in [0, 0.1) is 0 Å². The summed E-state index contributed by atoms with van der Waals surface area (Å²) in [6, 6.07) is 15.4. The summed E-state index contributed by atoms with van der Waals surface area (Å²) < 4.78 is 0. The Kier molecular flexibility index (Phi) is 4.12. The maximum atomic E-state index is 12.7. The highest BCUT2D eigenvalue weighted by Gasteiger charge is 2.24. The van der Waals surface area contributed by atoms with E-state index in [2.05, 4.69) is 20.1 Å². The molecule has 1 saturated heterocycles. The van der Waals surface area contributed by atoms with Gasteiger partial charge in [-0.3, -0.25) is 4.79 Å². The molecule has 3 heterocycles. The van der Waals surface area contributed by atoms with Crippen molar-refractivity contribution in [3.63, 3.8) is 0 Å². The molecule has 4 rings (SSSR count). The predicted molar refractivity (Wildman–Crippen MR) is 93.7 cm³/mol. The molecule has 0 unspecified atom stereocenters. The van der Waals surface area contributed by atoms with Crippen molar-refractivity contribution in [2.24, 2.45) is 0 Å². The minimum atomic E-state index is -0.0807. The van der Waals surface area contributed by atoms with E-state index in [1.54, 1.807) is 6.20 Å². The molecule has 1 aliphatic heterocycles. The summed E-state index contributed by atoms with van der Waals surface area (Å²) in [5.41, 5.74) is 1.21. The van der Waals surface area contributed by atoms with Gasteiger partial charge in [-0.25, -0.2) is 4.98 Å². The van der Waals surface area contributed by atoms with Crippen molar-refractivity contribution in [3.8, 4) is 5.69 Å². The van der Waals surface area contributed by atoms with Gasteiger partial charge < -0.3 is 9.80 Å². The summed E-state index contributed by atoms with van der Waals surface area (Å²) in [5, 5.41) is 8.52. The number of carbonyl (C=O) groups excluding carboxylic acids is 1. The molecule has 1 amide bonds. The smallest absolute Gasteiger partial charge is 0.276 e. The molecule has 0 atom stereocenters. The maximum absolute atomic E-state index is 12.7. The molecule has 0 saturated carbocycles. The van der Waals surface area contributed by atoms with Gasteiger partial charge in [0.1, 0.15) is 5.82 Å². The van der Waals surface area contributed by atoms with Gasteiger partial charge in [-0.1, -0.05) is 24.3 Å². The molecule has 126 valence electrons. The van der Waals surface area contributed by atoms with Crippen LogP contribution in [0.3, 0.4) is 0 Å². The zero-order valence-corrected chi connectivity index (χ0v) is 13.7. The normalized spacial score (nSPS) is 14.6. The van der Waals surface area contributed by atoms with Crippen molar-refractivity contribution in [2.45, 2.75) is 0 Å². The van der Waals surface area contributed by atoms with Crippen LogP contribution in [-0.4, -0.2) is 57.0 Å². The number of anilines is 1. The first-order valence-electron chi connectivity index (χ1n) is 8.24. The van der Waals surface area contributed by atoms with Crippen LogP contribution < -0.4 is 4.90 Å². The number of pyridine rings is 1. The largest absolute Gasteiger partial charge is 0.353 e.